The van der Waals surface area contributed by atoms with Gasteiger partial charge in [-0.3, -0.25) is 9.59 Å². The molecule has 29 heavy (non-hydrogen) atoms. The number of nitrogens with one attached hydrogen (secondary N) is 2. The Morgan fingerprint density at radius 1 is 1.00 bits per heavy atom. The van der Waals surface area contributed by atoms with E-state index in [-0.39, 0.29) is 11.5 Å². The van der Waals surface area contributed by atoms with Crippen LogP contribution in [0.2, 0.25) is 0 Å². The van der Waals surface area contributed by atoms with Crippen LogP contribution in [0.1, 0.15) is 12.5 Å². The molecule has 2 N–H and O–H groups in total. The van der Waals surface area contributed by atoms with E-state index in [1.54, 1.807) is 30.3 Å². The number of carbonyl (C=O) groups is 2. The van der Waals surface area contributed by atoms with Crippen molar-refractivity contribution < 1.29 is 14.3 Å². The Labute approximate surface area is 169 Å². The minimum absolute atomic E-state index is 0.00931. The Morgan fingerprint density at radius 2 is 1.59 bits per heavy atom. The number of nitriles is 1. The lowest BCUT2D eigenvalue weighted by molar-refractivity contribution is -0.114. The second-order valence-corrected chi connectivity index (χ2v) is 6.57. The molecule has 1 fully saturated rings. The van der Waals surface area contributed by atoms with Crippen LogP contribution in [0.4, 0.5) is 17.1 Å². The topological polar surface area (TPSA) is 94.5 Å². The number of morpholine rings is 1. The molecule has 2 aromatic carbocycles. The molecule has 1 saturated heterocycles. The highest BCUT2D eigenvalue weighted by Gasteiger charge is 2.12. The molecule has 0 saturated carbocycles. The average molecular weight is 390 g/mol. The van der Waals surface area contributed by atoms with Crippen molar-refractivity contribution in [1.29, 1.82) is 5.26 Å². The lowest BCUT2D eigenvalue weighted by Gasteiger charge is -2.28. The van der Waals surface area contributed by atoms with Crippen LogP contribution in [0.5, 0.6) is 0 Å². The van der Waals surface area contributed by atoms with E-state index in [4.69, 9.17) is 4.74 Å². The summed E-state index contributed by atoms with van der Waals surface area (Å²) in [7, 11) is 0. The van der Waals surface area contributed by atoms with Gasteiger partial charge in [0.05, 0.1) is 13.2 Å². The van der Waals surface area contributed by atoms with Crippen LogP contribution in [0.15, 0.2) is 54.1 Å². The fraction of sp³-hybridized carbons (Fsp3) is 0.227. The van der Waals surface area contributed by atoms with Gasteiger partial charge in [-0.05, 0) is 48.0 Å². The largest absolute Gasteiger partial charge is 0.378 e. The van der Waals surface area contributed by atoms with Gasteiger partial charge in [-0.1, -0.05) is 12.1 Å². The van der Waals surface area contributed by atoms with Gasteiger partial charge in [-0.2, -0.15) is 5.26 Å². The van der Waals surface area contributed by atoms with Gasteiger partial charge < -0.3 is 20.3 Å². The molecule has 0 bridgehead atoms. The Kier molecular flexibility index (Phi) is 6.61. The smallest absolute Gasteiger partial charge is 0.266 e. The standard InChI is InChI=1S/C22H22N4O3/c1-16(27)24-19-4-6-20(7-5-19)25-22(28)18(15-23)14-17-2-8-21(9-3-17)26-10-12-29-13-11-26/h2-9,14H,10-13H2,1H3,(H,24,27)(H,25,28)/b18-14+. The average Bonchev–Trinajstić information content (AvgIpc) is 2.74. The second-order valence-electron chi connectivity index (χ2n) is 6.57. The molecular formula is C22H22N4O3. The van der Waals surface area contributed by atoms with Crippen molar-refractivity contribution in [3.63, 3.8) is 0 Å². The maximum absolute atomic E-state index is 12.4. The Bertz CT molecular complexity index is 938. The highest BCUT2D eigenvalue weighted by atomic mass is 16.5. The number of ether oxygens (including phenoxy) is 1. The number of amides is 2. The van der Waals surface area contributed by atoms with Gasteiger partial charge in [-0.15, -0.1) is 0 Å². The van der Waals surface area contributed by atoms with E-state index < -0.39 is 5.91 Å². The van der Waals surface area contributed by atoms with Crippen molar-refractivity contribution in [3.8, 4) is 6.07 Å². The summed E-state index contributed by atoms with van der Waals surface area (Å²) in [6.07, 6.45) is 1.56. The molecule has 0 spiro atoms. The molecular weight excluding hydrogens is 368 g/mol. The van der Waals surface area contributed by atoms with Crippen LogP contribution in [0.3, 0.4) is 0 Å². The van der Waals surface area contributed by atoms with Gasteiger partial charge in [0, 0.05) is 37.1 Å². The van der Waals surface area contributed by atoms with Gasteiger partial charge in [0.25, 0.3) is 5.91 Å². The normalized spacial score (nSPS) is 14.1. The summed E-state index contributed by atoms with van der Waals surface area (Å²) >= 11 is 0. The van der Waals surface area contributed by atoms with Crippen molar-refractivity contribution in [2.75, 3.05) is 41.8 Å². The maximum atomic E-state index is 12.4. The molecule has 0 atom stereocenters. The molecule has 148 valence electrons. The predicted molar refractivity (Wildman–Crippen MR) is 112 cm³/mol. The molecule has 1 heterocycles. The summed E-state index contributed by atoms with van der Waals surface area (Å²) in [4.78, 5) is 25.7. The van der Waals surface area contributed by atoms with E-state index >= 15 is 0 Å². The zero-order valence-corrected chi connectivity index (χ0v) is 16.1. The zero-order valence-electron chi connectivity index (χ0n) is 16.1. The minimum atomic E-state index is -0.489. The fourth-order valence-corrected chi connectivity index (χ4v) is 2.96. The highest BCUT2D eigenvalue weighted by molar-refractivity contribution is 6.09. The molecule has 2 aromatic rings. The fourth-order valence-electron chi connectivity index (χ4n) is 2.96. The first kappa shape index (κ1) is 20.1. The number of carbonyl (C=O) groups excluding carboxylic acids is 2. The molecule has 7 nitrogen and oxygen atoms in total. The Morgan fingerprint density at radius 3 is 2.14 bits per heavy atom. The molecule has 0 aliphatic carbocycles. The maximum Gasteiger partial charge on any atom is 0.266 e. The molecule has 7 heteroatoms. The van der Waals surface area contributed by atoms with Crippen LogP contribution in [-0.4, -0.2) is 38.1 Å². The summed E-state index contributed by atoms with van der Waals surface area (Å²) in [5.74, 6) is -0.659. The van der Waals surface area contributed by atoms with Gasteiger partial charge >= 0.3 is 0 Å². The van der Waals surface area contributed by atoms with Crippen LogP contribution in [-0.2, 0) is 14.3 Å². The van der Waals surface area contributed by atoms with E-state index in [2.05, 4.69) is 15.5 Å². The van der Waals surface area contributed by atoms with Crippen molar-refractivity contribution in [1.82, 2.24) is 0 Å². The SMILES string of the molecule is CC(=O)Nc1ccc(NC(=O)/C(C#N)=C/c2ccc(N3CCOCC3)cc2)cc1. The second kappa shape index (κ2) is 9.53. The summed E-state index contributed by atoms with van der Waals surface area (Å²) in [5.41, 5.74) is 3.04. The Balaban J connectivity index is 1.66. The molecule has 2 amide bonds. The molecule has 0 aromatic heterocycles. The van der Waals surface area contributed by atoms with E-state index in [0.717, 1.165) is 24.3 Å². The molecule has 1 aliphatic heterocycles. The minimum Gasteiger partial charge on any atom is -0.378 e. The third-order valence-corrected chi connectivity index (χ3v) is 4.41. The first-order chi connectivity index (χ1) is 14.0. The van der Waals surface area contributed by atoms with Crippen LogP contribution in [0, 0.1) is 11.3 Å². The third kappa shape index (κ3) is 5.67. The zero-order chi connectivity index (χ0) is 20.6. The van der Waals surface area contributed by atoms with Crippen molar-refractivity contribution in [3.05, 3.63) is 59.7 Å². The van der Waals surface area contributed by atoms with E-state index in [0.29, 0.717) is 24.6 Å². The van der Waals surface area contributed by atoms with E-state index in [9.17, 15) is 14.9 Å². The molecule has 3 rings (SSSR count). The summed E-state index contributed by atoms with van der Waals surface area (Å²) in [5, 5.41) is 14.7. The Hall–Kier alpha value is -3.63. The third-order valence-electron chi connectivity index (χ3n) is 4.41. The number of hydrogen-bond acceptors (Lipinski definition) is 5. The first-order valence-corrected chi connectivity index (χ1v) is 9.29. The monoisotopic (exact) mass is 390 g/mol. The van der Waals surface area contributed by atoms with Gasteiger partial charge in [0.15, 0.2) is 0 Å². The summed E-state index contributed by atoms with van der Waals surface area (Å²) in [6.45, 7) is 4.55. The highest BCUT2D eigenvalue weighted by Crippen LogP contribution is 2.19. The van der Waals surface area contributed by atoms with Crippen LogP contribution >= 0.6 is 0 Å². The lowest BCUT2D eigenvalue weighted by atomic mass is 10.1. The lowest BCUT2D eigenvalue weighted by Crippen LogP contribution is -2.36. The molecule has 1 aliphatic rings. The van der Waals surface area contributed by atoms with Crippen molar-refractivity contribution in [2.24, 2.45) is 0 Å². The van der Waals surface area contributed by atoms with Crippen LogP contribution in [0.25, 0.3) is 6.08 Å². The molecule has 0 radical (unpaired) electrons. The quantitative estimate of drug-likeness (QED) is 0.605. The number of anilines is 3. The first-order valence-electron chi connectivity index (χ1n) is 9.29. The summed E-state index contributed by atoms with van der Waals surface area (Å²) < 4.78 is 5.36. The number of nitrogens with zero attached hydrogens (tertiary/aromatic N) is 2. The number of benzene rings is 2. The van der Waals surface area contributed by atoms with Gasteiger partial charge in [-0.25, -0.2) is 0 Å². The number of hydrogen-bond donors (Lipinski definition) is 2. The van der Waals surface area contributed by atoms with Gasteiger partial charge in [0.2, 0.25) is 5.91 Å². The number of rotatable bonds is 5. The van der Waals surface area contributed by atoms with Crippen molar-refractivity contribution >= 4 is 35.0 Å². The predicted octanol–water partition coefficient (Wildman–Crippen LogP) is 3.03. The van der Waals surface area contributed by atoms with Gasteiger partial charge in [0.1, 0.15) is 11.6 Å². The van der Waals surface area contributed by atoms with Crippen LogP contribution < -0.4 is 15.5 Å². The van der Waals surface area contributed by atoms with E-state index in [1.165, 1.54) is 6.92 Å². The van der Waals surface area contributed by atoms with Crippen molar-refractivity contribution in [2.45, 2.75) is 6.92 Å². The summed E-state index contributed by atoms with van der Waals surface area (Å²) in [6, 6.07) is 16.4. The van der Waals surface area contributed by atoms with E-state index in [1.807, 2.05) is 30.3 Å². The molecule has 0 unspecified atom stereocenters.